The van der Waals surface area contributed by atoms with Crippen molar-refractivity contribution in [1.82, 2.24) is 0 Å². The average molecular weight is 158 g/mol. The molecule has 0 fully saturated rings. The quantitative estimate of drug-likeness (QED) is 0.454. The van der Waals surface area contributed by atoms with E-state index in [1.54, 1.807) is 6.08 Å². The molecule has 1 unspecified atom stereocenters. The van der Waals surface area contributed by atoms with Crippen LogP contribution in [-0.2, 0) is 0 Å². The number of hydrogen-bond acceptors (Lipinski definition) is 2. The van der Waals surface area contributed by atoms with Gasteiger partial charge >= 0.3 is 0 Å². The predicted molar refractivity (Wildman–Crippen MR) is 46.4 cm³/mol. The van der Waals surface area contributed by atoms with Crippen molar-refractivity contribution in [3.05, 3.63) is 12.2 Å². The van der Waals surface area contributed by atoms with Crippen LogP contribution in [0.5, 0.6) is 0 Å². The van der Waals surface area contributed by atoms with Crippen LogP contribution in [0.25, 0.3) is 0 Å². The van der Waals surface area contributed by atoms with Gasteiger partial charge in [-0.1, -0.05) is 31.9 Å². The zero-order valence-electron chi connectivity index (χ0n) is 7.16. The van der Waals surface area contributed by atoms with Crippen LogP contribution < -0.4 is 0 Å². The van der Waals surface area contributed by atoms with Gasteiger partial charge in [0.05, 0.1) is 6.10 Å². The molecule has 1 atom stereocenters. The molecule has 2 heteroatoms. The smallest absolute Gasteiger partial charge is 0.0742 e. The van der Waals surface area contributed by atoms with Gasteiger partial charge in [-0.25, -0.2) is 0 Å². The number of hydrogen-bond donors (Lipinski definition) is 2. The van der Waals surface area contributed by atoms with E-state index in [4.69, 9.17) is 10.2 Å². The van der Waals surface area contributed by atoms with E-state index < -0.39 is 6.10 Å². The Hall–Kier alpha value is -0.340. The second-order valence-electron chi connectivity index (χ2n) is 2.65. The van der Waals surface area contributed by atoms with Gasteiger partial charge in [-0.3, -0.25) is 0 Å². The summed E-state index contributed by atoms with van der Waals surface area (Å²) in [6.07, 6.45) is 7.09. The summed E-state index contributed by atoms with van der Waals surface area (Å²) in [5, 5.41) is 17.5. The largest absolute Gasteiger partial charge is 0.396 e. The molecule has 0 spiro atoms. The molecular weight excluding hydrogens is 140 g/mol. The number of aliphatic hydroxyl groups excluding tert-OH is 2. The monoisotopic (exact) mass is 158 g/mol. The van der Waals surface area contributed by atoms with Crippen molar-refractivity contribution in [3.63, 3.8) is 0 Å². The molecule has 0 heterocycles. The van der Waals surface area contributed by atoms with Crippen molar-refractivity contribution in [2.24, 2.45) is 0 Å². The maximum absolute atomic E-state index is 9.10. The van der Waals surface area contributed by atoms with E-state index in [1.165, 1.54) is 12.8 Å². The summed E-state index contributed by atoms with van der Waals surface area (Å²) in [6, 6.07) is 0. The van der Waals surface area contributed by atoms with Crippen LogP contribution >= 0.6 is 0 Å². The molecule has 11 heavy (non-hydrogen) atoms. The first-order chi connectivity index (χ1) is 5.31. The minimum atomic E-state index is -0.461. The number of unbranched alkanes of at least 4 members (excludes halogenated alkanes) is 2. The lowest BCUT2D eigenvalue weighted by atomic mass is 10.2. The highest BCUT2D eigenvalue weighted by Gasteiger charge is 1.94. The minimum Gasteiger partial charge on any atom is -0.396 e. The van der Waals surface area contributed by atoms with E-state index in [1.807, 2.05) is 6.08 Å². The van der Waals surface area contributed by atoms with Gasteiger partial charge in [0.25, 0.3) is 0 Å². The molecule has 0 aliphatic rings. The van der Waals surface area contributed by atoms with Crippen molar-refractivity contribution < 1.29 is 10.2 Å². The Balaban J connectivity index is 3.24. The summed E-state index contributed by atoms with van der Waals surface area (Å²) < 4.78 is 0. The van der Waals surface area contributed by atoms with Crippen molar-refractivity contribution in [3.8, 4) is 0 Å². The first kappa shape index (κ1) is 10.7. The molecule has 0 saturated carbocycles. The van der Waals surface area contributed by atoms with E-state index in [-0.39, 0.29) is 6.61 Å². The zero-order chi connectivity index (χ0) is 8.53. The van der Waals surface area contributed by atoms with Crippen LogP contribution in [0.4, 0.5) is 0 Å². The summed E-state index contributed by atoms with van der Waals surface area (Å²) in [5.74, 6) is 0. The van der Waals surface area contributed by atoms with Crippen molar-refractivity contribution in [1.29, 1.82) is 0 Å². The minimum absolute atomic E-state index is 0.0548. The van der Waals surface area contributed by atoms with Gasteiger partial charge in [0.1, 0.15) is 0 Å². The van der Waals surface area contributed by atoms with Crippen molar-refractivity contribution in [2.45, 2.75) is 38.7 Å². The third-order valence-electron chi connectivity index (χ3n) is 1.51. The fourth-order valence-electron chi connectivity index (χ4n) is 0.804. The summed E-state index contributed by atoms with van der Waals surface area (Å²) in [4.78, 5) is 0. The maximum atomic E-state index is 9.10. The second-order valence-corrected chi connectivity index (χ2v) is 2.65. The summed E-state index contributed by atoms with van der Waals surface area (Å²) in [6.45, 7) is 2.19. The Morgan fingerprint density at radius 2 is 2.18 bits per heavy atom. The van der Waals surface area contributed by atoms with Crippen LogP contribution in [0, 0.1) is 0 Å². The van der Waals surface area contributed by atoms with Crippen molar-refractivity contribution >= 4 is 0 Å². The highest BCUT2D eigenvalue weighted by Crippen LogP contribution is 1.98. The lowest BCUT2D eigenvalue weighted by Crippen LogP contribution is -2.03. The fraction of sp³-hybridized carbons (Fsp3) is 0.778. The van der Waals surface area contributed by atoms with Gasteiger partial charge in [0.15, 0.2) is 0 Å². The van der Waals surface area contributed by atoms with Gasteiger partial charge in [0, 0.05) is 6.61 Å². The van der Waals surface area contributed by atoms with Crippen LogP contribution in [0.1, 0.15) is 32.6 Å². The predicted octanol–water partition coefficient (Wildman–Crippen LogP) is 1.48. The van der Waals surface area contributed by atoms with E-state index >= 15 is 0 Å². The molecule has 0 saturated heterocycles. The van der Waals surface area contributed by atoms with Crippen molar-refractivity contribution in [2.75, 3.05) is 6.61 Å². The summed E-state index contributed by atoms with van der Waals surface area (Å²) >= 11 is 0. The van der Waals surface area contributed by atoms with Gasteiger partial charge in [-0.05, 0) is 12.8 Å². The van der Waals surface area contributed by atoms with E-state index in [0.717, 1.165) is 6.42 Å². The van der Waals surface area contributed by atoms with E-state index in [2.05, 4.69) is 6.92 Å². The molecule has 0 bridgehead atoms. The normalized spacial score (nSPS) is 14.1. The van der Waals surface area contributed by atoms with Crippen LogP contribution in [-0.4, -0.2) is 22.9 Å². The maximum Gasteiger partial charge on any atom is 0.0742 e. The molecule has 0 aromatic rings. The zero-order valence-corrected chi connectivity index (χ0v) is 7.16. The number of rotatable bonds is 6. The fourth-order valence-corrected chi connectivity index (χ4v) is 0.804. The van der Waals surface area contributed by atoms with Crippen LogP contribution in [0.2, 0.25) is 0 Å². The van der Waals surface area contributed by atoms with Gasteiger partial charge in [-0.15, -0.1) is 0 Å². The molecule has 0 aliphatic carbocycles. The average Bonchev–Trinajstić information content (AvgIpc) is 1.99. The third-order valence-corrected chi connectivity index (χ3v) is 1.51. The number of aliphatic hydroxyl groups is 2. The molecule has 66 valence electrons. The highest BCUT2D eigenvalue weighted by atomic mass is 16.3. The first-order valence-corrected chi connectivity index (χ1v) is 4.26. The summed E-state index contributed by atoms with van der Waals surface area (Å²) in [5.41, 5.74) is 0. The Morgan fingerprint density at radius 3 is 2.73 bits per heavy atom. The molecule has 0 aromatic carbocycles. The molecule has 2 nitrogen and oxygen atoms in total. The third kappa shape index (κ3) is 7.56. The highest BCUT2D eigenvalue weighted by molar-refractivity contribution is 4.88. The topological polar surface area (TPSA) is 40.5 Å². The van der Waals surface area contributed by atoms with Gasteiger partial charge in [-0.2, -0.15) is 0 Å². The lowest BCUT2D eigenvalue weighted by molar-refractivity contribution is 0.170. The molecule has 2 N–H and O–H groups in total. The SMILES string of the molecule is CCCC/C=C/C(O)CCO. The molecule has 0 rings (SSSR count). The Morgan fingerprint density at radius 1 is 1.45 bits per heavy atom. The summed E-state index contributed by atoms with van der Waals surface area (Å²) in [7, 11) is 0. The van der Waals surface area contributed by atoms with E-state index in [9.17, 15) is 0 Å². The molecule has 0 aromatic heterocycles. The lowest BCUT2D eigenvalue weighted by Gasteiger charge is -2.00. The number of allylic oxidation sites excluding steroid dienone is 1. The second kappa shape index (κ2) is 7.76. The van der Waals surface area contributed by atoms with Gasteiger partial charge < -0.3 is 10.2 Å². The molecule has 0 radical (unpaired) electrons. The standard InChI is InChI=1S/C9H18O2/c1-2-3-4-5-6-9(11)7-8-10/h5-6,9-11H,2-4,7-8H2,1H3/b6-5+. The molecule has 0 aliphatic heterocycles. The Bertz CT molecular complexity index is 99.7. The Labute approximate surface area is 68.6 Å². The Kier molecular flexibility index (Phi) is 7.52. The van der Waals surface area contributed by atoms with Crippen LogP contribution in [0.3, 0.4) is 0 Å². The van der Waals surface area contributed by atoms with Gasteiger partial charge in [0.2, 0.25) is 0 Å². The molecule has 0 amide bonds. The van der Waals surface area contributed by atoms with Crippen LogP contribution in [0.15, 0.2) is 12.2 Å². The van der Waals surface area contributed by atoms with E-state index in [0.29, 0.717) is 6.42 Å². The molecular formula is C9H18O2. The first-order valence-electron chi connectivity index (χ1n) is 4.26.